The van der Waals surface area contributed by atoms with Crippen molar-refractivity contribution in [2.45, 2.75) is 31.7 Å². The fourth-order valence-corrected chi connectivity index (χ4v) is 2.91. The first-order valence-corrected chi connectivity index (χ1v) is 6.73. The fourth-order valence-electron chi connectivity index (χ4n) is 2.33. The highest BCUT2D eigenvalue weighted by Gasteiger charge is 2.22. The second-order valence-corrected chi connectivity index (χ2v) is 5.14. The number of halogens is 1. The Morgan fingerprint density at radius 2 is 2.25 bits per heavy atom. The van der Waals surface area contributed by atoms with Gasteiger partial charge in [-0.2, -0.15) is 0 Å². The number of nitrogens with one attached hydrogen (secondary N) is 1. The molecule has 0 aromatic heterocycles. The number of hydrogen-bond acceptors (Lipinski definition) is 2. The van der Waals surface area contributed by atoms with E-state index in [2.05, 4.69) is 39.4 Å². The molecule has 0 spiro atoms. The largest absolute Gasteiger partial charge is 0.396 e. The molecule has 1 aliphatic carbocycles. The van der Waals surface area contributed by atoms with Crippen molar-refractivity contribution in [2.24, 2.45) is 0 Å². The maximum absolute atomic E-state index is 8.72. The summed E-state index contributed by atoms with van der Waals surface area (Å²) in [4.78, 5) is 0. The van der Waals surface area contributed by atoms with Crippen LogP contribution in [0.5, 0.6) is 0 Å². The Balaban J connectivity index is 1.93. The van der Waals surface area contributed by atoms with Gasteiger partial charge in [0.15, 0.2) is 0 Å². The Bertz CT molecular complexity index is 354. The number of rotatable bonds is 5. The number of aliphatic hydroxyl groups is 1. The molecule has 1 unspecified atom stereocenters. The molecule has 1 aliphatic rings. The first-order valence-electron chi connectivity index (χ1n) is 5.94. The van der Waals surface area contributed by atoms with Crippen LogP contribution in [0.1, 0.15) is 36.4 Å². The molecule has 1 aromatic rings. The number of aliphatic hydroxyl groups excluding tert-OH is 1. The van der Waals surface area contributed by atoms with Gasteiger partial charge in [-0.25, -0.2) is 0 Å². The van der Waals surface area contributed by atoms with Crippen LogP contribution in [0.25, 0.3) is 0 Å². The van der Waals surface area contributed by atoms with Crippen LogP contribution in [0.2, 0.25) is 0 Å². The summed E-state index contributed by atoms with van der Waals surface area (Å²) in [6.45, 7) is 1.30. The van der Waals surface area contributed by atoms with Gasteiger partial charge < -0.3 is 10.4 Å². The van der Waals surface area contributed by atoms with Crippen molar-refractivity contribution >= 4 is 15.9 Å². The Labute approximate surface area is 105 Å². The van der Waals surface area contributed by atoms with Gasteiger partial charge in [0.25, 0.3) is 0 Å². The molecule has 0 fully saturated rings. The minimum atomic E-state index is 0.300. The summed E-state index contributed by atoms with van der Waals surface area (Å²) in [6, 6.07) is 6.95. The molecule has 0 radical (unpaired) electrons. The molecule has 0 saturated heterocycles. The molecule has 2 N–H and O–H groups in total. The smallest absolute Gasteiger partial charge is 0.0431 e. The highest BCUT2D eigenvalue weighted by Crippen LogP contribution is 2.35. The predicted octanol–water partition coefficient (Wildman–Crippen LogP) is 2.80. The van der Waals surface area contributed by atoms with Gasteiger partial charge in [0.2, 0.25) is 0 Å². The molecule has 16 heavy (non-hydrogen) atoms. The number of benzene rings is 1. The molecule has 2 rings (SSSR count). The van der Waals surface area contributed by atoms with Crippen LogP contribution in [0.4, 0.5) is 0 Å². The van der Waals surface area contributed by atoms with E-state index in [0.29, 0.717) is 12.6 Å². The zero-order valence-corrected chi connectivity index (χ0v) is 11.0. The van der Waals surface area contributed by atoms with Crippen molar-refractivity contribution < 1.29 is 5.11 Å². The number of fused-ring (bicyclic) bond motifs is 1. The molecular weight excluding hydrogens is 266 g/mol. The minimum Gasteiger partial charge on any atom is -0.396 e. The van der Waals surface area contributed by atoms with E-state index in [1.807, 2.05) is 0 Å². The Hall–Kier alpha value is -0.380. The monoisotopic (exact) mass is 283 g/mol. The van der Waals surface area contributed by atoms with E-state index in [0.717, 1.165) is 25.8 Å². The van der Waals surface area contributed by atoms with Gasteiger partial charge in [0.05, 0.1) is 0 Å². The van der Waals surface area contributed by atoms with Crippen molar-refractivity contribution in [1.82, 2.24) is 5.32 Å². The van der Waals surface area contributed by atoms with Crippen molar-refractivity contribution in [3.8, 4) is 0 Å². The Morgan fingerprint density at radius 3 is 3.06 bits per heavy atom. The molecule has 0 amide bonds. The minimum absolute atomic E-state index is 0.300. The van der Waals surface area contributed by atoms with Gasteiger partial charge in [-0.1, -0.05) is 28.1 Å². The topological polar surface area (TPSA) is 32.3 Å². The molecule has 1 aromatic carbocycles. The summed E-state index contributed by atoms with van der Waals surface area (Å²) in [7, 11) is 0. The standard InChI is InChI=1S/C13H18BrNO/c14-12-5-3-4-11-10(12)6-7-13(11)15-8-1-2-9-16/h3-5,13,15-16H,1-2,6-9H2. The Kier molecular flexibility index (Phi) is 4.38. The van der Waals surface area contributed by atoms with E-state index >= 15 is 0 Å². The molecule has 0 heterocycles. The third-order valence-electron chi connectivity index (χ3n) is 3.19. The highest BCUT2D eigenvalue weighted by atomic mass is 79.9. The first kappa shape index (κ1) is 12.1. The summed E-state index contributed by atoms with van der Waals surface area (Å²) in [6.07, 6.45) is 4.30. The zero-order chi connectivity index (χ0) is 11.4. The van der Waals surface area contributed by atoms with Gasteiger partial charge in [-0.05, 0) is 49.4 Å². The average molecular weight is 284 g/mol. The van der Waals surface area contributed by atoms with Crippen LogP contribution >= 0.6 is 15.9 Å². The molecule has 88 valence electrons. The highest BCUT2D eigenvalue weighted by molar-refractivity contribution is 9.10. The summed E-state index contributed by atoms with van der Waals surface area (Å²) >= 11 is 3.61. The summed E-state index contributed by atoms with van der Waals surface area (Å²) < 4.78 is 1.24. The van der Waals surface area contributed by atoms with E-state index in [-0.39, 0.29) is 0 Å². The van der Waals surface area contributed by atoms with E-state index in [1.54, 1.807) is 0 Å². The van der Waals surface area contributed by atoms with Crippen LogP contribution < -0.4 is 5.32 Å². The molecule has 0 aliphatic heterocycles. The Morgan fingerprint density at radius 1 is 1.38 bits per heavy atom. The van der Waals surface area contributed by atoms with Gasteiger partial charge in [-0.15, -0.1) is 0 Å². The maximum Gasteiger partial charge on any atom is 0.0431 e. The average Bonchev–Trinajstić information content (AvgIpc) is 2.70. The van der Waals surface area contributed by atoms with Crippen LogP contribution in [0.3, 0.4) is 0 Å². The van der Waals surface area contributed by atoms with Crippen molar-refractivity contribution in [3.63, 3.8) is 0 Å². The normalized spacial score (nSPS) is 18.8. The lowest BCUT2D eigenvalue weighted by atomic mass is 10.1. The van der Waals surface area contributed by atoms with Crippen LogP contribution in [-0.4, -0.2) is 18.3 Å². The maximum atomic E-state index is 8.72. The summed E-state index contributed by atoms with van der Waals surface area (Å²) in [5.41, 5.74) is 2.90. The van der Waals surface area contributed by atoms with Crippen molar-refractivity contribution in [2.75, 3.05) is 13.2 Å². The van der Waals surface area contributed by atoms with E-state index in [9.17, 15) is 0 Å². The van der Waals surface area contributed by atoms with E-state index in [4.69, 9.17) is 5.11 Å². The zero-order valence-electron chi connectivity index (χ0n) is 9.38. The molecule has 2 nitrogen and oxygen atoms in total. The first-order chi connectivity index (χ1) is 7.83. The second kappa shape index (κ2) is 5.80. The van der Waals surface area contributed by atoms with Crippen LogP contribution in [0, 0.1) is 0 Å². The quantitative estimate of drug-likeness (QED) is 0.815. The van der Waals surface area contributed by atoms with Gasteiger partial charge in [0, 0.05) is 17.1 Å². The molecule has 0 saturated carbocycles. The van der Waals surface area contributed by atoms with Gasteiger partial charge in [0.1, 0.15) is 0 Å². The lowest BCUT2D eigenvalue weighted by molar-refractivity contribution is 0.282. The number of unbranched alkanes of at least 4 members (excludes halogenated alkanes) is 1. The van der Waals surface area contributed by atoms with E-state index in [1.165, 1.54) is 22.0 Å². The van der Waals surface area contributed by atoms with Gasteiger partial charge in [-0.3, -0.25) is 0 Å². The lowest BCUT2D eigenvalue weighted by Crippen LogP contribution is -2.20. The molecule has 3 heteroatoms. The third kappa shape index (κ3) is 2.65. The van der Waals surface area contributed by atoms with Crippen LogP contribution in [-0.2, 0) is 6.42 Å². The lowest BCUT2D eigenvalue weighted by Gasteiger charge is -2.13. The van der Waals surface area contributed by atoms with Crippen LogP contribution in [0.15, 0.2) is 22.7 Å². The molecular formula is C13H18BrNO. The fraction of sp³-hybridized carbons (Fsp3) is 0.538. The van der Waals surface area contributed by atoms with Crippen molar-refractivity contribution in [1.29, 1.82) is 0 Å². The molecule has 0 bridgehead atoms. The summed E-state index contributed by atoms with van der Waals surface area (Å²) in [5, 5.41) is 12.3. The molecule has 1 atom stereocenters. The SMILES string of the molecule is OCCCCNC1CCc2c(Br)cccc21. The van der Waals surface area contributed by atoms with Crippen molar-refractivity contribution in [3.05, 3.63) is 33.8 Å². The second-order valence-electron chi connectivity index (χ2n) is 4.28. The third-order valence-corrected chi connectivity index (χ3v) is 3.93. The predicted molar refractivity (Wildman–Crippen MR) is 69.5 cm³/mol. The number of hydrogen-bond donors (Lipinski definition) is 2. The summed E-state index contributed by atoms with van der Waals surface area (Å²) in [5.74, 6) is 0. The van der Waals surface area contributed by atoms with E-state index < -0.39 is 0 Å². The van der Waals surface area contributed by atoms with Gasteiger partial charge >= 0.3 is 0 Å².